The lowest BCUT2D eigenvalue weighted by Gasteiger charge is -2.35. The SMILES string of the molecule is Nc1ncc(-c2ccc(O)cc2)nc1N1CCN(CCO)CC1. The molecule has 1 aromatic carbocycles. The Morgan fingerprint density at radius 3 is 2.43 bits per heavy atom. The van der Waals surface area contributed by atoms with E-state index in [0.717, 1.165) is 37.4 Å². The fourth-order valence-corrected chi connectivity index (χ4v) is 2.72. The molecule has 0 spiro atoms. The summed E-state index contributed by atoms with van der Waals surface area (Å²) in [5.74, 6) is 1.33. The van der Waals surface area contributed by atoms with Gasteiger partial charge in [-0.1, -0.05) is 0 Å². The van der Waals surface area contributed by atoms with Gasteiger partial charge in [0.25, 0.3) is 0 Å². The van der Waals surface area contributed by atoms with Gasteiger partial charge in [0.05, 0.1) is 18.5 Å². The second-order valence-corrected chi connectivity index (χ2v) is 5.56. The first kappa shape index (κ1) is 15.5. The summed E-state index contributed by atoms with van der Waals surface area (Å²) in [6.45, 7) is 4.22. The molecule has 122 valence electrons. The van der Waals surface area contributed by atoms with Crippen LogP contribution in [0.2, 0.25) is 0 Å². The minimum atomic E-state index is 0.179. The predicted molar refractivity (Wildman–Crippen MR) is 89.3 cm³/mol. The summed E-state index contributed by atoms with van der Waals surface area (Å²) in [5, 5.41) is 18.4. The van der Waals surface area contributed by atoms with E-state index in [9.17, 15) is 5.11 Å². The lowest BCUT2D eigenvalue weighted by Crippen LogP contribution is -2.47. The number of aliphatic hydroxyl groups is 1. The second-order valence-electron chi connectivity index (χ2n) is 5.56. The van der Waals surface area contributed by atoms with E-state index < -0.39 is 0 Å². The molecule has 7 heteroatoms. The zero-order valence-corrected chi connectivity index (χ0v) is 12.9. The van der Waals surface area contributed by atoms with Crippen LogP contribution in [0, 0.1) is 0 Å². The molecule has 0 saturated carbocycles. The van der Waals surface area contributed by atoms with Crippen molar-refractivity contribution in [2.24, 2.45) is 0 Å². The first-order chi connectivity index (χ1) is 11.2. The molecule has 0 atom stereocenters. The molecule has 1 aromatic heterocycles. The second kappa shape index (κ2) is 6.80. The summed E-state index contributed by atoms with van der Waals surface area (Å²) in [4.78, 5) is 13.3. The van der Waals surface area contributed by atoms with E-state index in [-0.39, 0.29) is 12.4 Å². The number of nitrogens with zero attached hydrogens (tertiary/aromatic N) is 4. The molecule has 23 heavy (non-hydrogen) atoms. The van der Waals surface area contributed by atoms with Crippen LogP contribution < -0.4 is 10.6 Å². The molecule has 0 bridgehead atoms. The maximum atomic E-state index is 9.39. The van der Waals surface area contributed by atoms with Crippen LogP contribution in [0.4, 0.5) is 11.6 Å². The summed E-state index contributed by atoms with van der Waals surface area (Å²) < 4.78 is 0. The van der Waals surface area contributed by atoms with Gasteiger partial charge in [0, 0.05) is 38.3 Å². The molecule has 1 saturated heterocycles. The third-order valence-corrected chi connectivity index (χ3v) is 4.03. The van der Waals surface area contributed by atoms with Gasteiger partial charge < -0.3 is 20.8 Å². The van der Waals surface area contributed by atoms with Crippen LogP contribution in [0.1, 0.15) is 0 Å². The lowest BCUT2D eigenvalue weighted by molar-refractivity contribution is 0.188. The molecule has 7 nitrogen and oxygen atoms in total. The summed E-state index contributed by atoms with van der Waals surface area (Å²) >= 11 is 0. The van der Waals surface area contributed by atoms with Crippen molar-refractivity contribution < 1.29 is 10.2 Å². The van der Waals surface area contributed by atoms with Gasteiger partial charge >= 0.3 is 0 Å². The number of hydrogen-bond donors (Lipinski definition) is 3. The number of rotatable bonds is 4. The number of anilines is 2. The summed E-state index contributed by atoms with van der Waals surface area (Å²) in [7, 11) is 0. The van der Waals surface area contributed by atoms with E-state index >= 15 is 0 Å². The van der Waals surface area contributed by atoms with Crippen molar-refractivity contribution in [1.82, 2.24) is 14.9 Å². The largest absolute Gasteiger partial charge is 0.508 e. The number of aromatic nitrogens is 2. The minimum Gasteiger partial charge on any atom is -0.508 e. The Balaban J connectivity index is 1.80. The zero-order valence-electron chi connectivity index (χ0n) is 12.9. The van der Waals surface area contributed by atoms with Crippen molar-refractivity contribution in [3.8, 4) is 17.0 Å². The maximum Gasteiger partial charge on any atom is 0.172 e. The average molecular weight is 315 g/mol. The highest BCUT2D eigenvalue weighted by atomic mass is 16.3. The number of benzene rings is 1. The van der Waals surface area contributed by atoms with E-state index in [2.05, 4.69) is 19.8 Å². The standard InChI is InChI=1S/C16H21N5O2/c17-15-16(21-7-5-20(6-8-21)9-10-22)19-14(11-18-15)12-1-3-13(23)4-2-12/h1-4,11,22-23H,5-10H2,(H2,17,18). The average Bonchev–Trinajstić information content (AvgIpc) is 2.57. The van der Waals surface area contributed by atoms with Crippen molar-refractivity contribution in [2.45, 2.75) is 0 Å². The number of β-amino-alcohol motifs (C(OH)–C–C–N with tert-alkyl or cyclic N) is 1. The molecule has 1 aliphatic rings. The Morgan fingerprint density at radius 1 is 1.09 bits per heavy atom. The first-order valence-electron chi connectivity index (χ1n) is 7.67. The van der Waals surface area contributed by atoms with Gasteiger partial charge in [0.15, 0.2) is 11.6 Å². The summed E-state index contributed by atoms with van der Waals surface area (Å²) in [6.07, 6.45) is 1.65. The van der Waals surface area contributed by atoms with Crippen molar-refractivity contribution in [3.63, 3.8) is 0 Å². The fourth-order valence-electron chi connectivity index (χ4n) is 2.72. The number of aliphatic hydroxyl groups excluding tert-OH is 1. The number of hydrogen-bond acceptors (Lipinski definition) is 7. The van der Waals surface area contributed by atoms with E-state index in [1.165, 1.54) is 0 Å². The summed E-state index contributed by atoms with van der Waals surface area (Å²) in [6, 6.07) is 6.86. The lowest BCUT2D eigenvalue weighted by atomic mass is 10.1. The Bertz CT molecular complexity index is 654. The van der Waals surface area contributed by atoms with E-state index in [4.69, 9.17) is 10.8 Å². The highest BCUT2D eigenvalue weighted by Gasteiger charge is 2.20. The molecular formula is C16H21N5O2. The van der Waals surface area contributed by atoms with Crippen molar-refractivity contribution in [2.75, 3.05) is 50.0 Å². The van der Waals surface area contributed by atoms with E-state index in [1.807, 2.05) is 0 Å². The van der Waals surface area contributed by atoms with Gasteiger partial charge in [-0.15, -0.1) is 0 Å². The van der Waals surface area contributed by atoms with E-state index in [0.29, 0.717) is 18.2 Å². The maximum absolute atomic E-state index is 9.39. The van der Waals surface area contributed by atoms with Crippen LogP contribution in [0.15, 0.2) is 30.5 Å². The highest BCUT2D eigenvalue weighted by molar-refractivity contribution is 5.66. The highest BCUT2D eigenvalue weighted by Crippen LogP contribution is 2.25. The molecule has 2 aromatic rings. The Labute approximate surface area is 135 Å². The summed E-state index contributed by atoms with van der Waals surface area (Å²) in [5.41, 5.74) is 7.62. The van der Waals surface area contributed by atoms with Crippen LogP contribution in [0.3, 0.4) is 0 Å². The van der Waals surface area contributed by atoms with Crippen LogP contribution in [0.5, 0.6) is 5.75 Å². The monoisotopic (exact) mass is 315 g/mol. The molecule has 0 amide bonds. The van der Waals surface area contributed by atoms with Crippen molar-refractivity contribution in [1.29, 1.82) is 0 Å². The number of aromatic hydroxyl groups is 1. The normalized spacial score (nSPS) is 15.8. The van der Waals surface area contributed by atoms with Gasteiger partial charge in [-0.05, 0) is 24.3 Å². The Kier molecular flexibility index (Phi) is 4.59. The molecule has 3 rings (SSSR count). The van der Waals surface area contributed by atoms with Crippen LogP contribution in [-0.4, -0.2) is 64.4 Å². The minimum absolute atomic E-state index is 0.179. The molecule has 2 heterocycles. The molecule has 0 aliphatic carbocycles. The number of nitrogen functional groups attached to an aromatic ring is 1. The van der Waals surface area contributed by atoms with Gasteiger partial charge in [-0.25, -0.2) is 9.97 Å². The van der Waals surface area contributed by atoms with Crippen LogP contribution >= 0.6 is 0 Å². The van der Waals surface area contributed by atoms with Crippen molar-refractivity contribution in [3.05, 3.63) is 30.5 Å². The van der Waals surface area contributed by atoms with Crippen molar-refractivity contribution >= 4 is 11.6 Å². The number of piperazine rings is 1. The third kappa shape index (κ3) is 3.52. The number of nitrogens with two attached hydrogens (primary N) is 1. The number of phenols is 1. The first-order valence-corrected chi connectivity index (χ1v) is 7.67. The van der Waals surface area contributed by atoms with Gasteiger partial charge in [-0.2, -0.15) is 0 Å². The predicted octanol–water partition coefficient (Wildman–Crippen LogP) is 0.546. The fraction of sp³-hybridized carbons (Fsp3) is 0.375. The quantitative estimate of drug-likeness (QED) is 0.757. The molecule has 0 unspecified atom stereocenters. The molecule has 4 N–H and O–H groups in total. The van der Waals surface area contributed by atoms with Crippen LogP contribution in [0.25, 0.3) is 11.3 Å². The van der Waals surface area contributed by atoms with Gasteiger partial charge in [0.1, 0.15) is 5.75 Å². The van der Waals surface area contributed by atoms with Gasteiger partial charge in [-0.3, -0.25) is 4.90 Å². The Morgan fingerprint density at radius 2 is 1.78 bits per heavy atom. The van der Waals surface area contributed by atoms with Crippen LogP contribution in [-0.2, 0) is 0 Å². The molecule has 1 fully saturated rings. The van der Waals surface area contributed by atoms with Gasteiger partial charge in [0.2, 0.25) is 0 Å². The van der Waals surface area contributed by atoms with E-state index in [1.54, 1.807) is 30.5 Å². The molecular weight excluding hydrogens is 294 g/mol. The number of phenolic OH excluding ortho intramolecular Hbond substituents is 1. The molecule has 1 aliphatic heterocycles. The topological polar surface area (TPSA) is 98.7 Å². The Hall–Kier alpha value is -2.38. The smallest absolute Gasteiger partial charge is 0.172 e. The zero-order chi connectivity index (χ0) is 16.2. The molecule has 0 radical (unpaired) electrons. The third-order valence-electron chi connectivity index (χ3n) is 4.03.